The fourth-order valence-electron chi connectivity index (χ4n) is 2.04. The van der Waals surface area contributed by atoms with Gasteiger partial charge in [-0.05, 0) is 30.5 Å². The summed E-state index contributed by atoms with van der Waals surface area (Å²) in [5, 5.41) is 0. The van der Waals surface area contributed by atoms with Gasteiger partial charge in [-0.3, -0.25) is 0 Å². The summed E-state index contributed by atoms with van der Waals surface area (Å²) in [5.74, 6) is 0.917. The smallest absolute Gasteiger partial charge is 0.119 e. The minimum Gasteiger partial charge on any atom is -0.497 e. The molecule has 2 N–H and O–H groups in total. The molecule has 0 aromatic heterocycles. The van der Waals surface area contributed by atoms with Crippen molar-refractivity contribution in [3.63, 3.8) is 0 Å². The zero-order chi connectivity index (χ0) is 12.5. The van der Waals surface area contributed by atoms with Crippen molar-refractivity contribution < 1.29 is 4.74 Å². The van der Waals surface area contributed by atoms with E-state index in [4.69, 9.17) is 10.5 Å². The number of rotatable bonds is 8. The second kappa shape index (κ2) is 8.13. The first-order valence-electron chi connectivity index (χ1n) is 6.64. The van der Waals surface area contributed by atoms with Crippen LogP contribution in [0.15, 0.2) is 24.3 Å². The van der Waals surface area contributed by atoms with Crippen LogP contribution < -0.4 is 10.5 Å². The first-order chi connectivity index (χ1) is 8.26. The summed E-state index contributed by atoms with van der Waals surface area (Å²) < 4.78 is 5.21. The summed E-state index contributed by atoms with van der Waals surface area (Å²) in [5.41, 5.74) is 7.41. The fourth-order valence-corrected chi connectivity index (χ4v) is 2.04. The highest BCUT2D eigenvalue weighted by Gasteiger charge is 2.04. The number of unbranched alkanes of at least 4 members (excludes halogenated alkanes) is 3. The molecule has 1 atom stereocenters. The van der Waals surface area contributed by atoms with Crippen LogP contribution in [-0.4, -0.2) is 13.2 Å². The number of nitrogens with two attached hydrogens (primary N) is 1. The van der Waals surface area contributed by atoms with Crippen LogP contribution in [0.5, 0.6) is 5.75 Å². The summed E-state index contributed by atoms with van der Waals surface area (Å²) in [4.78, 5) is 0. The number of benzene rings is 1. The van der Waals surface area contributed by atoms with E-state index in [0.717, 1.165) is 18.6 Å². The molecule has 0 heterocycles. The van der Waals surface area contributed by atoms with Crippen LogP contribution in [0.4, 0.5) is 0 Å². The fraction of sp³-hybridized carbons (Fsp3) is 0.600. The van der Waals surface area contributed by atoms with Gasteiger partial charge < -0.3 is 10.5 Å². The maximum absolute atomic E-state index is 6.14. The lowest BCUT2D eigenvalue weighted by atomic mass is 10.0. The van der Waals surface area contributed by atoms with Gasteiger partial charge in [0.25, 0.3) is 0 Å². The molecule has 2 heteroatoms. The van der Waals surface area contributed by atoms with Crippen LogP contribution in [-0.2, 0) is 6.42 Å². The molecule has 1 aromatic rings. The molecule has 0 saturated carbocycles. The van der Waals surface area contributed by atoms with E-state index in [-0.39, 0.29) is 6.04 Å². The average molecular weight is 235 g/mol. The maximum Gasteiger partial charge on any atom is 0.119 e. The zero-order valence-electron chi connectivity index (χ0n) is 11.1. The SMILES string of the molecule is CCCCCCC(N)Cc1cccc(OC)c1. The Morgan fingerprint density at radius 3 is 2.76 bits per heavy atom. The normalized spacial score (nSPS) is 12.4. The second-order valence-corrected chi connectivity index (χ2v) is 4.67. The monoisotopic (exact) mass is 235 g/mol. The molecule has 1 rings (SSSR count). The zero-order valence-corrected chi connectivity index (χ0v) is 11.1. The van der Waals surface area contributed by atoms with Crippen molar-refractivity contribution in [2.75, 3.05) is 7.11 Å². The number of hydrogen-bond donors (Lipinski definition) is 1. The van der Waals surface area contributed by atoms with Gasteiger partial charge >= 0.3 is 0 Å². The second-order valence-electron chi connectivity index (χ2n) is 4.67. The molecule has 0 radical (unpaired) electrons. The van der Waals surface area contributed by atoms with Gasteiger partial charge in [0.1, 0.15) is 5.75 Å². The Kier molecular flexibility index (Phi) is 6.71. The van der Waals surface area contributed by atoms with Crippen molar-refractivity contribution in [2.45, 2.75) is 51.5 Å². The van der Waals surface area contributed by atoms with Gasteiger partial charge in [-0.1, -0.05) is 44.7 Å². The van der Waals surface area contributed by atoms with Gasteiger partial charge in [0, 0.05) is 6.04 Å². The first kappa shape index (κ1) is 14.0. The van der Waals surface area contributed by atoms with E-state index in [0.29, 0.717) is 0 Å². The molecule has 0 aliphatic carbocycles. The Labute approximate surface area is 105 Å². The van der Waals surface area contributed by atoms with Crippen LogP contribution in [0.3, 0.4) is 0 Å². The molecule has 1 aromatic carbocycles. The number of ether oxygens (including phenoxy) is 1. The number of methoxy groups -OCH3 is 1. The van der Waals surface area contributed by atoms with E-state index in [9.17, 15) is 0 Å². The molecule has 1 unspecified atom stereocenters. The molecule has 0 amide bonds. The molecule has 0 aliphatic rings. The van der Waals surface area contributed by atoms with Crippen LogP contribution >= 0.6 is 0 Å². The molecule has 96 valence electrons. The topological polar surface area (TPSA) is 35.2 Å². The summed E-state index contributed by atoms with van der Waals surface area (Å²) in [7, 11) is 1.70. The molecule has 2 nitrogen and oxygen atoms in total. The summed E-state index contributed by atoms with van der Waals surface area (Å²) >= 11 is 0. The van der Waals surface area contributed by atoms with Crippen molar-refractivity contribution in [2.24, 2.45) is 5.73 Å². The Morgan fingerprint density at radius 1 is 1.24 bits per heavy atom. The lowest BCUT2D eigenvalue weighted by molar-refractivity contribution is 0.414. The van der Waals surface area contributed by atoms with Crippen LogP contribution in [0.25, 0.3) is 0 Å². The highest BCUT2D eigenvalue weighted by Crippen LogP contribution is 2.15. The molecule has 0 saturated heterocycles. The van der Waals surface area contributed by atoms with Gasteiger partial charge in [0.05, 0.1) is 7.11 Å². The van der Waals surface area contributed by atoms with E-state index in [1.165, 1.54) is 31.2 Å². The third kappa shape index (κ3) is 5.73. The lowest BCUT2D eigenvalue weighted by Gasteiger charge is -2.12. The van der Waals surface area contributed by atoms with Crippen LogP contribution in [0.2, 0.25) is 0 Å². The average Bonchev–Trinajstić information content (AvgIpc) is 2.35. The standard InChI is InChI=1S/C15H25NO/c1-3-4-5-6-9-14(16)11-13-8-7-10-15(12-13)17-2/h7-8,10,12,14H,3-6,9,11,16H2,1-2H3. The van der Waals surface area contributed by atoms with Gasteiger partial charge in [0.15, 0.2) is 0 Å². The van der Waals surface area contributed by atoms with E-state index in [1.807, 2.05) is 12.1 Å². The molecular formula is C15H25NO. The summed E-state index contributed by atoms with van der Waals surface area (Å²) in [6.07, 6.45) is 7.23. The van der Waals surface area contributed by atoms with Crippen LogP contribution in [0, 0.1) is 0 Å². The minimum atomic E-state index is 0.277. The molecule has 17 heavy (non-hydrogen) atoms. The first-order valence-corrected chi connectivity index (χ1v) is 6.64. The summed E-state index contributed by atoms with van der Waals surface area (Å²) in [6, 6.07) is 8.47. The molecule has 0 aliphatic heterocycles. The Bertz CT molecular complexity index is 312. The van der Waals surface area contributed by atoms with Gasteiger partial charge in [-0.15, -0.1) is 0 Å². The maximum atomic E-state index is 6.14. The number of hydrogen-bond acceptors (Lipinski definition) is 2. The Hall–Kier alpha value is -1.02. The van der Waals surface area contributed by atoms with E-state index < -0.39 is 0 Å². The van der Waals surface area contributed by atoms with Crippen molar-refractivity contribution in [1.29, 1.82) is 0 Å². The largest absolute Gasteiger partial charge is 0.497 e. The van der Waals surface area contributed by atoms with Crippen molar-refractivity contribution in [3.05, 3.63) is 29.8 Å². The Balaban J connectivity index is 2.31. The van der Waals surface area contributed by atoms with E-state index >= 15 is 0 Å². The lowest BCUT2D eigenvalue weighted by Crippen LogP contribution is -2.22. The van der Waals surface area contributed by atoms with Crippen molar-refractivity contribution >= 4 is 0 Å². The van der Waals surface area contributed by atoms with Crippen molar-refractivity contribution in [1.82, 2.24) is 0 Å². The summed E-state index contributed by atoms with van der Waals surface area (Å²) in [6.45, 7) is 2.23. The third-order valence-electron chi connectivity index (χ3n) is 3.06. The Morgan fingerprint density at radius 2 is 2.06 bits per heavy atom. The van der Waals surface area contributed by atoms with Crippen molar-refractivity contribution in [3.8, 4) is 5.75 Å². The van der Waals surface area contributed by atoms with E-state index in [2.05, 4.69) is 19.1 Å². The predicted molar refractivity (Wildman–Crippen MR) is 73.4 cm³/mol. The van der Waals surface area contributed by atoms with E-state index in [1.54, 1.807) is 7.11 Å². The van der Waals surface area contributed by atoms with Gasteiger partial charge in [-0.2, -0.15) is 0 Å². The predicted octanol–water partition coefficient (Wildman–Crippen LogP) is 3.54. The highest BCUT2D eigenvalue weighted by molar-refractivity contribution is 5.28. The molecule has 0 fully saturated rings. The van der Waals surface area contributed by atoms with Gasteiger partial charge in [-0.25, -0.2) is 0 Å². The third-order valence-corrected chi connectivity index (χ3v) is 3.06. The van der Waals surface area contributed by atoms with Gasteiger partial charge in [0.2, 0.25) is 0 Å². The highest BCUT2D eigenvalue weighted by atomic mass is 16.5. The molecular weight excluding hydrogens is 210 g/mol. The molecule has 0 spiro atoms. The quantitative estimate of drug-likeness (QED) is 0.699. The molecule has 0 bridgehead atoms. The van der Waals surface area contributed by atoms with Crippen LogP contribution in [0.1, 0.15) is 44.6 Å². The minimum absolute atomic E-state index is 0.277.